The van der Waals surface area contributed by atoms with Crippen molar-refractivity contribution in [2.24, 2.45) is 0 Å². The topological polar surface area (TPSA) is 42.4 Å². The molecular formula is C12H18N2O2S. The average molecular weight is 254 g/mol. The number of esters is 1. The first-order valence-corrected chi connectivity index (χ1v) is 6.81. The van der Waals surface area contributed by atoms with Gasteiger partial charge in [-0.15, -0.1) is 0 Å². The van der Waals surface area contributed by atoms with Crippen molar-refractivity contribution in [3.05, 3.63) is 11.1 Å². The van der Waals surface area contributed by atoms with Gasteiger partial charge in [-0.2, -0.15) is 0 Å². The van der Waals surface area contributed by atoms with Crippen molar-refractivity contribution in [3.63, 3.8) is 0 Å². The van der Waals surface area contributed by atoms with Crippen molar-refractivity contribution < 1.29 is 9.53 Å². The molecule has 0 aromatic carbocycles. The Balaban J connectivity index is 2.21. The Kier molecular flexibility index (Phi) is 3.66. The molecule has 2 heterocycles. The van der Waals surface area contributed by atoms with E-state index in [0.29, 0.717) is 17.0 Å². The molecule has 0 radical (unpaired) electrons. The monoisotopic (exact) mass is 254 g/mol. The molecule has 1 aliphatic rings. The van der Waals surface area contributed by atoms with Crippen molar-refractivity contribution in [2.75, 3.05) is 12.0 Å². The van der Waals surface area contributed by atoms with E-state index in [2.05, 4.69) is 23.7 Å². The number of aromatic nitrogens is 1. The third kappa shape index (κ3) is 2.29. The molecule has 1 aromatic heterocycles. The van der Waals surface area contributed by atoms with Gasteiger partial charge in [0.1, 0.15) is 4.88 Å². The number of rotatable bonds is 3. The predicted octanol–water partition coefficient (Wildman–Crippen LogP) is 2.70. The maximum absolute atomic E-state index is 11.4. The van der Waals surface area contributed by atoms with Crippen LogP contribution in [0.3, 0.4) is 0 Å². The Hall–Kier alpha value is -1.10. The van der Waals surface area contributed by atoms with Crippen LogP contribution in [0.5, 0.6) is 0 Å². The maximum Gasteiger partial charge on any atom is 0.349 e. The van der Waals surface area contributed by atoms with E-state index in [-0.39, 0.29) is 5.97 Å². The van der Waals surface area contributed by atoms with Gasteiger partial charge >= 0.3 is 5.97 Å². The molecule has 17 heavy (non-hydrogen) atoms. The zero-order valence-corrected chi connectivity index (χ0v) is 11.3. The minimum absolute atomic E-state index is 0.298. The highest BCUT2D eigenvalue weighted by atomic mass is 32.1. The molecule has 2 rings (SSSR count). The molecule has 1 saturated heterocycles. The second kappa shape index (κ2) is 5.04. The standard InChI is InChI=1S/C12H18N2O2S/c1-4-9-6-5-8(2)14(9)12-13-7-10(17-12)11(15)16-3/h7-9H,4-6H2,1-3H3. The number of carbonyl (C=O) groups is 1. The van der Waals surface area contributed by atoms with Crippen molar-refractivity contribution in [1.82, 2.24) is 4.98 Å². The van der Waals surface area contributed by atoms with E-state index in [9.17, 15) is 4.79 Å². The third-order valence-electron chi connectivity index (χ3n) is 3.36. The number of anilines is 1. The lowest BCUT2D eigenvalue weighted by molar-refractivity contribution is 0.0606. The van der Waals surface area contributed by atoms with Gasteiger partial charge in [-0.25, -0.2) is 9.78 Å². The average Bonchev–Trinajstić information content (AvgIpc) is 2.93. The number of thiazole rings is 1. The maximum atomic E-state index is 11.4. The van der Waals surface area contributed by atoms with Crippen LogP contribution in [0.15, 0.2) is 6.20 Å². The number of nitrogens with zero attached hydrogens (tertiary/aromatic N) is 2. The fourth-order valence-corrected chi connectivity index (χ4v) is 3.41. The van der Waals surface area contributed by atoms with Crippen molar-refractivity contribution in [2.45, 2.75) is 45.2 Å². The Labute approximate surface area is 106 Å². The van der Waals surface area contributed by atoms with Crippen LogP contribution >= 0.6 is 11.3 Å². The quantitative estimate of drug-likeness (QED) is 0.778. The highest BCUT2D eigenvalue weighted by molar-refractivity contribution is 7.17. The highest BCUT2D eigenvalue weighted by Gasteiger charge is 2.31. The molecule has 1 fully saturated rings. The molecule has 94 valence electrons. The van der Waals surface area contributed by atoms with Gasteiger partial charge in [0.2, 0.25) is 0 Å². The van der Waals surface area contributed by atoms with E-state index in [4.69, 9.17) is 4.74 Å². The summed E-state index contributed by atoms with van der Waals surface area (Å²) in [6.07, 6.45) is 5.15. The Morgan fingerprint density at radius 2 is 2.41 bits per heavy atom. The summed E-state index contributed by atoms with van der Waals surface area (Å²) in [5.41, 5.74) is 0. The zero-order chi connectivity index (χ0) is 12.4. The number of carbonyl (C=O) groups excluding carboxylic acids is 1. The van der Waals surface area contributed by atoms with E-state index in [0.717, 1.165) is 11.6 Å². The van der Waals surface area contributed by atoms with Crippen LogP contribution in [0, 0.1) is 0 Å². The second-order valence-electron chi connectivity index (χ2n) is 4.39. The summed E-state index contributed by atoms with van der Waals surface area (Å²) in [5, 5.41) is 0.947. The fraction of sp³-hybridized carbons (Fsp3) is 0.667. The molecule has 4 nitrogen and oxygen atoms in total. The smallest absolute Gasteiger partial charge is 0.349 e. The third-order valence-corrected chi connectivity index (χ3v) is 4.35. The van der Waals surface area contributed by atoms with E-state index in [1.165, 1.54) is 31.3 Å². The summed E-state index contributed by atoms with van der Waals surface area (Å²) in [7, 11) is 1.40. The first kappa shape index (κ1) is 12.4. The molecule has 2 atom stereocenters. The van der Waals surface area contributed by atoms with Crippen molar-refractivity contribution >= 4 is 22.4 Å². The molecule has 0 saturated carbocycles. The number of ether oxygens (including phenoxy) is 1. The van der Waals surface area contributed by atoms with Crippen LogP contribution in [-0.4, -0.2) is 30.1 Å². The van der Waals surface area contributed by atoms with Gasteiger partial charge in [0.15, 0.2) is 5.13 Å². The first-order valence-electron chi connectivity index (χ1n) is 5.99. The molecule has 0 N–H and O–H groups in total. The van der Waals surface area contributed by atoms with Gasteiger partial charge in [-0.1, -0.05) is 18.3 Å². The van der Waals surface area contributed by atoms with E-state index in [1.807, 2.05) is 0 Å². The van der Waals surface area contributed by atoms with Gasteiger partial charge in [0.05, 0.1) is 13.3 Å². The zero-order valence-electron chi connectivity index (χ0n) is 10.5. The van der Waals surface area contributed by atoms with Crippen LogP contribution in [-0.2, 0) is 4.74 Å². The normalized spacial score (nSPS) is 24.1. The summed E-state index contributed by atoms with van der Waals surface area (Å²) in [6, 6.07) is 1.07. The second-order valence-corrected chi connectivity index (χ2v) is 5.40. The fourth-order valence-electron chi connectivity index (χ4n) is 2.40. The van der Waals surface area contributed by atoms with Gasteiger partial charge in [-0.05, 0) is 26.2 Å². The van der Waals surface area contributed by atoms with E-state index in [1.54, 1.807) is 6.20 Å². The SMILES string of the molecule is CCC1CCC(C)N1c1ncc(C(=O)OC)s1. The van der Waals surface area contributed by atoms with E-state index < -0.39 is 0 Å². The Morgan fingerprint density at radius 3 is 3.06 bits per heavy atom. The number of hydrogen-bond acceptors (Lipinski definition) is 5. The van der Waals surface area contributed by atoms with Crippen LogP contribution in [0.25, 0.3) is 0 Å². The molecule has 1 aromatic rings. The van der Waals surface area contributed by atoms with Gasteiger partial charge in [-0.3, -0.25) is 0 Å². The summed E-state index contributed by atoms with van der Waals surface area (Å²) in [5.74, 6) is -0.298. The summed E-state index contributed by atoms with van der Waals surface area (Å²) in [6.45, 7) is 4.42. The minimum Gasteiger partial charge on any atom is -0.465 e. The summed E-state index contributed by atoms with van der Waals surface area (Å²) in [4.78, 5) is 18.7. The lowest BCUT2D eigenvalue weighted by atomic mass is 10.2. The highest BCUT2D eigenvalue weighted by Crippen LogP contribution is 2.34. The molecule has 1 aliphatic heterocycles. The van der Waals surface area contributed by atoms with Crippen LogP contribution in [0.2, 0.25) is 0 Å². The molecule has 2 unspecified atom stereocenters. The van der Waals surface area contributed by atoms with Crippen molar-refractivity contribution in [1.29, 1.82) is 0 Å². The Bertz CT molecular complexity index is 405. The Morgan fingerprint density at radius 1 is 1.65 bits per heavy atom. The van der Waals surface area contributed by atoms with Crippen LogP contribution < -0.4 is 4.90 Å². The summed E-state index contributed by atoms with van der Waals surface area (Å²) >= 11 is 1.43. The molecule has 0 bridgehead atoms. The van der Waals surface area contributed by atoms with Gasteiger partial charge in [0, 0.05) is 12.1 Å². The molecule has 0 amide bonds. The number of hydrogen-bond donors (Lipinski definition) is 0. The minimum atomic E-state index is -0.298. The largest absolute Gasteiger partial charge is 0.465 e. The predicted molar refractivity (Wildman–Crippen MR) is 68.7 cm³/mol. The van der Waals surface area contributed by atoms with E-state index >= 15 is 0 Å². The summed E-state index contributed by atoms with van der Waals surface area (Å²) < 4.78 is 4.71. The van der Waals surface area contributed by atoms with Crippen LogP contribution in [0.4, 0.5) is 5.13 Å². The van der Waals surface area contributed by atoms with Crippen molar-refractivity contribution in [3.8, 4) is 0 Å². The van der Waals surface area contributed by atoms with Crippen LogP contribution in [0.1, 0.15) is 42.8 Å². The lowest BCUT2D eigenvalue weighted by Gasteiger charge is -2.27. The van der Waals surface area contributed by atoms with Gasteiger partial charge in [0.25, 0.3) is 0 Å². The first-order chi connectivity index (χ1) is 8.17. The van der Waals surface area contributed by atoms with Gasteiger partial charge < -0.3 is 9.64 Å². The lowest BCUT2D eigenvalue weighted by Crippen LogP contribution is -2.33. The molecular weight excluding hydrogens is 236 g/mol. The molecule has 5 heteroatoms. The molecule has 0 spiro atoms. The molecule has 0 aliphatic carbocycles. The number of methoxy groups -OCH3 is 1.